The van der Waals surface area contributed by atoms with Gasteiger partial charge in [0.15, 0.2) is 5.58 Å². The number of benzene rings is 1. The third-order valence-electron chi connectivity index (χ3n) is 2.15. The largest absolute Gasteiger partial charge is 0.452 e. The Balaban J connectivity index is 2.61. The summed E-state index contributed by atoms with van der Waals surface area (Å²) in [4.78, 5) is 8.22. The van der Waals surface area contributed by atoms with Crippen LogP contribution in [0.25, 0.3) is 22.1 Å². The van der Waals surface area contributed by atoms with Crippen LogP contribution in [0.2, 0.25) is 5.28 Å². The monoisotopic (exact) mass is 330 g/mol. The fraction of sp³-hybridized carbons (Fsp3) is 0. The first-order valence-electron chi connectivity index (χ1n) is 4.26. The Morgan fingerprint density at radius 2 is 2.00 bits per heavy atom. The lowest BCUT2D eigenvalue weighted by molar-refractivity contribution is 0.662. The zero-order valence-corrected chi connectivity index (χ0v) is 10.3. The average Bonchev–Trinajstić information content (AvgIpc) is 2.57. The third-order valence-corrected chi connectivity index (χ3v) is 3.05. The van der Waals surface area contributed by atoms with Gasteiger partial charge < -0.3 is 4.42 Å². The molecule has 0 aliphatic rings. The Kier molecular flexibility index (Phi) is 2.07. The number of halogens is 2. The molecule has 3 nitrogen and oxygen atoms in total. The van der Waals surface area contributed by atoms with Crippen LogP contribution in [0.5, 0.6) is 0 Å². The molecule has 0 aliphatic heterocycles. The van der Waals surface area contributed by atoms with Crippen LogP contribution < -0.4 is 0 Å². The van der Waals surface area contributed by atoms with E-state index in [1.807, 2.05) is 24.3 Å². The number of nitrogens with zero attached hydrogens (tertiary/aromatic N) is 2. The molecular formula is C10H4ClIN2O. The van der Waals surface area contributed by atoms with Crippen LogP contribution in [0.1, 0.15) is 0 Å². The van der Waals surface area contributed by atoms with Gasteiger partial charge in [-0.3, -0.25) is 0 Å². The van der Waals surface area contributed by atoms with Gasteiger partial charge in [-0.2, -0.15) is 0 Å². The summed E-state index contributed by atoms with van der Waals surface area (Å²) in [5.41, 5.74) is 2.28. The van der Waals surface area contributed by atoms with Gasteiger partial charge in [-0.25, -0.2) is 9.97 Å². The van der Waals surface area contributed by atoms with Crippen LogP contribution in [-0.4, -0.2) is 9.97 Å². The van der Waals surface area contributed by atoms with Crippen molar-refractivity contribution in [2.24, 2.45) is 0 Å². The van der Waals surface area contributed by atoms with Gasteiger partial charge in [-0.1, -0.05) is 12.1 Å². The average molecular weight is 331 g/mol. The lowest BCUT2D eigenvalue weighted by Crippen LogP contribution is -1.86. The van der Waals surface area contributed by atoms with E-state index in [1.54, 1.807) is 0 Å². The second-order valence-corrected chi connectivity index (χ2v) is 4.42. The Bertz CT molecular complexity index is 665. The van der Waals surface area contributed by atoms with Crippen molar-refractivity contribution in [1.29, 1.82) is 0 Å². The molecule has 0 spiro atoms. The molecule has 0 aliphatic carbocycles. The summed E-state index contributed by atoms with van der Waals surface area (Å²) in [7, 11) is 0. The molecule has 3 rings (SSSR count). The van der Waals surface area contributed by atoms with E-state index in [-0.39, 0.29) is 5.28 Å². The molecule has 0 saturated carbocycles. The molecule has 0 bridgehead atoms. The van der Waals surface area contributed by atoms with Crippen molar-refractivity contribution in [2.75, 3.05) is 0 Å². The molecule has 1 aromatic carbocycles. The molecule has 0 fully saturated rings. The Morgan fingerprint density at radius 3 is 2.87 bits per heavy atom. The fourth-order valence-electron chi connectivity index (χ4n) is 1.53. The highest BCUT2D eigenvalue weighted by Crippen LogP contribution is 2.29. The molecule has 15 heavy (non-hydrogen) atoms. The van der Waals surface area contributed by atoms with E-state index in [9.17, 15) is 0 Å². The molecule has 0 amide bonds. The first-order valence-corrected chi connectivity index (χ1v) is 5.71. The molecule has 3 aromatic rings. The molecule has 5 heteroatoms. The summed E-state index contributed by atoms with van der Waals surface area (Å²) in [6, 6.07) is 7.73. The van der Waals surface area contributed by atoms with E-state index in [2.05, 4.69) is 32.6 Å². The minimum atomic E-state index is 0.249. The molecule has 2 aromatic heterocycles. The van der Waals surface area contributed by atoms with E-state index in [0.717, 1.165) is 20.2 Å². The first-order chi connectivity index (χ1) is 7.25. The predicted octanol–water partition coefficient (Wildman–Crippen LogP) is 3.63. The van der Waals surface area contributed by atoms with Crippen molar-refractivity contribution < 1.29 is 4.42 Å². The lowest BCUT2D eigenvalue weighted by Gasteiger charge is -1.92. The van der Waals surface area contributed by atoms with Crippen molar-refractivity contribution in [1.82, 2.24) is 9.97 Å². The minimum absolute atomic E-state index is 0.249. The Hall–Kier alpha value is -0.880. The molecule has 0 radical (unpaired) electrons. The van der Waals surface area contributed by atoms with Gasteiger partial charge in [0.1, 0.15) is 14.8 Å². The summed E-state index contributed by atoms with van der Waals surface area (Å²) in [5, 5.41) is 1.22. The molecule has 2 heterocycles. The number of para-hydroxylation sites is 1. The van der Waals surface area contributed by atoms with Crippen LogP contribution in [-0.2, 0) is 0 Å². The quantitative estimate of drug-likeness (QED) is 0.359. The van der Waals surface area contributed by atoms with Gasteiger partial charge in [-0.05, 0) is 46.3 Å². The molecule has 74 valence electrons. The zero-order valence-electron chi connectivity index (χ0n) is 7.37. The van der Waals surface area contributed by atoms with Crippen LogP contribution in [0.4, 0.5) is 0 Å². The standard InChI is InChI=1S/C10H4ClIN2O/c11-10-13-7-5-3-1-2-4-6(5)15-8(7)9(12)14-10/h1-4H. The molecule has 0 atom stereocenters. The maximum atomic E-state index is 5.81. The van der Waals surface area contributed by atoms with Crippen molar-refractivity contribution >= 4 is 56.3 Å². The number of hydrogen-bond donors (Lipinski definition) is 0. The maximum Gasteiger partial charge on any atom is 0.224 e. The van der Waals surface area contributed by atoms with E-state index in [0.29, 0.717) is 5.58 Å². The van der Waals surface area contributed by atoms with Crippen LogP contribution >= 0.6 is 34.2 Å². The van der Waals surface area contributed by atoms with Gasteiger partial charge in [0.05, 0.1) is 0 Å². The van der Waals surface area contributed by atoms with Gasteiger partial charge >= 0.3 is 0 Å². The number of rotatable bonds is 0. The normalized spacial score (nSPS) is 11.3. The van der Waals surface area contributed by atoms with Gasteiger partial charge in [0, 0.05) is 5.39 Å². The van der Waals surface area contributed by atoms with E-state index in [1.165, 1.54) is 0 Å². The fourth-order valence-corrected chi connectivity index (χ4v) is 2.44. The molecule has 0 saturated heterocycles. The van der Waals surface area contributed by atoms with Crippen LogP contribution in [0.3, 0.4) is 0 Å². The summed E-state index contributed by atoms with van der Waals surface area (Å²) in [5.74, 6) is 0. The predicted molar refractivity (Wildman–Crippen MR) is 67.0 cm³/mol. The summed E-state index contributed by atoms with van der Waals surface area (Å²) in [6.45, 7) is 0. The first kappa shape index (κ1) is 9.35. The zero-order chi connectivity index (χ0) is 10.4. The van der Waals surface area contributed by atoms with Gasteiger partial charge in [-0.15, -0.1) is 0 Å². The molecule has 0 N–H and O–H groups in total. The summed E-state index contributed by atoms with van der Waals surface area (Å²) in [6.07, 6.45) is 0. The number of fused-ring (bicyclic) bond motifs is 3. The van der Waals surface area contributed by atoms with Crippen molar-refractivity contribution in [3.05, 3.63) is 33.2 Å². The van der Waals surface area contributed by atoms with E-state index >= 15 is 0 Å². The topological polar surface area (TPSA) is 38.9 Å². The lowest BCUT2D eigenvalue weighted by atomic mass is 10.2. The minimum Gasteiger partial charge on any atom is -0.452 e. The van der Waals surface area contributed by atoms with Crippen molar-refractivity contribution in [2.45, 2.75) is 0 Å². The Morgan fingerprint density at radius 1 is 1.20 bits per heavy atom. The molecular weight excluding hydrogens is 326 g/mol. The highest BCUT2D eigenvalue weighted by atomic mass is 127. The van der Waals surface area contributed by atoms with Gasteiger partial charge in [0.25, 0.3) is 0 Å². The number of aromatic nitrogens is 2. The van der Waals surface area contributed by atoms with Crippen LogP contribution in [0, 0.1) is 3.70 Å². The number of furan rings is 1. The number of hydrogen-bond acceptors (Lipinski definition) is 3. The molecule has 0 unspecified atom stereocenters. The third kappa shape index (κ3) is 1.39. The smallest absolute Gasteiger partial charge is 0.224 e. The SMILES string of the molecule is Clc1nc(I)c2oc3ccccc3c2n1. The highest BCUT2D eigenvalue weighted by Gasteiger charge is 2.12. The van der Waals surface area contributed by atoms with Gasteiger partial charge in [0.2, 0.25) is 5.28 Å². The van der Waals surface area contributed by atoms with Crippen molar-refractivity contribution in [3.63, 3.8) is 0 Å². The second kappa shape index (κ2) is 3.31. The van der Waals surface area contributed by atoms with Crippen molar-refractivity contribution in [3.8, 4) is 0 Å². The van der Waals surface area contributed by atoms with E-state index in [4.69, 9.17) is 16.0 Å². The highest BCUT2D eigenvalue weighted by molar-refractivity contribution is 14.1. The van der Waals surface area contributed by atoms with Crippen LogP contribution in [0.15, 0.2) is 28.7 Å². The van der Waals surface area contributed by atoms with E-state index < -0.39 is 0 Å². The summed E-state index contributed by atoms with van der Waals surface area (Å²) < 4.78 is 6.38. The maximum absolute atomic E-state index is 5.81. The summed E-state index contributed by atoms with van der Waals surface area (Å²) >= 11 is 7.90. The second-order valence-electron chi connectivity index (χ2n) is 3.06. The Labute approximate surface area is 104 Å².